The molecule has 0 rings (SSSR count). The van der Waals surface area contributed by atoms with Crippen molar-refractivity contribution >= 4 is 0 Å². The van der Waals surface area contributed by atoms with Crippen LogP contribution in [0.5, 0.6) is 0 Å². The molecule has 0 unspecified atom stereocenters. The number of unbranched alkanes of at least 4 members (excludes halogenated alkanes) is 2. The van der Waals surface area contributed by atoms with Crippen LogP contribution in [-0.2, 0) is 53.8 Å². The number of hydrogen-bond acceptors (Lipinski definition) is 0. The third-order valence-corrected chi connectivity index (χ3v) is 0.604. The van der Waals surface area contributed by atoms with Gasteiger partial charge in [0.15, 0.2) is 0 Å². The van der Waals surface area contributed by atoms with Crippen molar-refractivity contribution in [1.29, 1.82) is 0 Å². The summed E-state index contributed by atoms with van der Waals surface area (Å²) in [5, 5.41) is 0. The molecule has 0 aromatic carbocycles. The molecular formula is C7H16WY-2. The summed E-state index contributed by atoms with van der Waals surface area (Å²) >= 11 is 0. The summed E-state index contributed by atoms with van der Waals surface area (Å²) in [6.45, 7) is 10.8. The summed E-state index contributed by atoms with van der Waals surface area (Å²) in [5.74, 6) is 0. The summed E-state index contributed by atoms with van der Waals surface area (Å²) in [4.78, 5) is 0. The molecule has 55 valence electrons. The third kappa shape index (κ3) is 41.3. The van der Waals surface area contributed by atoms with Gasteiger partial charge in [-0.05, 0) is 0 Å². The van der Waals surface area contributed by atoms with Gasteiger partial charge < -0.3 is 13.8 Å². The summed E-state index contributed by atoms with van der Waals surface area (Å²) in [7, 11) is 0. The number of rotatable bonds is 2. The Labute approximate surface area is 99.7 Å². The minimum absolute atomic E-state index is 0. The molecule has 0 aliphatic carbocycles. The van der Waals surface area contributed by atoms with Gasteiger partial charge in [-0.15, -0.1) is 0 Å². The van der Waals surface area contributed by atoms with Crippen molar-refractivity contribution in [1.82, 2.24) is 0 Å². The standard InChI is InChI=1S/C5H11.C2H5.W.Y/c1-3-5-4-2;1-2;;/h1,3-5H2,2H3;1H2,2H3;;/q2*-1;;. The Hall–Kier alpha value is 1.79. The quantitative estimate of drug-likeness (QED) is 0.654. The molecule has 0 saturated carbocycles. The van der Waals surface area contributed by atoms with E-state index in [4.69, 9.17) is 0 Å². The molecule has 1 radical (unpaired) electrons. The monoisotopic (exact) mass is 373 g/mol. The van der Waals surface area contributed by atoms with Gasteiger partial charge in [-0.1, -0.05) is 19.8 Å². The Morgan fingerprint density at radius 3 is 1.56 bits per heavy atom. The van der Waals surface area contributed by atoms with Crippen LogP contribution in [0.25, 0.3) is 0 Å². The van der Waals surface area contributed by atoms with E-state index in [0.717, 1.165) is 6.42 Å². The van der Waals surface area contributed by atoms with Crippen molar-refractivity contribution in [2.75, 3.05) is 0 Å². The Morgan fingerprint density at radius 2 is 1.56 bits per heavy atom. The normalized spacial score (nSPS) is 5.33. The van der Waals surface area contributed by atoms with Crippen molar-refractivity contribution in [3.63, 3.8) is 0 Å². The Morgan fingerprint density at radius 1 is 1.22 bits per heavy atom. The zero-order valence-corrected chi connectivity index (χ0v) is 12.3. The Kier molecular flexibility index (Phi) is 82.2. The molecule has 0 aliphatic heterocycles. The van der Waals surface area contributed by atoms with Gasteiger partial charge in [0, 0.05) is 53.8 Å². The van der Waals surface area contributed by atoms with Crippen molar-refractivity contribution in [3.8, 4) is 0 Å². The van der Waals surface area contributed by atoms with E-state index in [1.807, 2.05) is 0 Å². The summed E-state index contributed by atoms with van der Waals surface area (Å²) in [6, 6.07) is 0. The van der Waals surface area contributed by atoms with Gasteiger partial charge in [-0.25, -0.2) is 0 Å². The Balaban J connectivity index is -0.0000000286. The van der Waals surface area contributed by atoms with E-state index < -0.39 is 0 Å². The summed E-state index contributed by atoms with van der Waals surface area (Å²) in [5.41, 5.74) is 0. The van der Waals surface area contributed by atoms with Crippen molar-refractivity contribution < 1.29 is 53.8 Å². The van der Waals surface area contributed by atoms with Crippen LogP contribution in [-0.4, -0.2) is 0 Å². The molecule has 0 saturated heterocycles. The van der Waals surface area contributed by atoms with Crippen molar-refractivity contribution in [2.45, 2.75) is 33.1 Å². The molecule has 2 heteroatoms. The van der Waals surface area contributed by atoms with Gasteiger partial charge in [0.2, 0.25) is 0 Å². The van der Waals surface area contributed by atoms with Gasteiger partial charge in [0.1, 0.15) is 0 Å². The van der Waals surface area contributed by atoms with Crippen LogP contribution in [0.2, 0.25) is 0 Å². The molecule has 0 amide bonds. The minimum atomic E-state index is 0. The van der Waals surface area contributed by atoms with E-state index in [9.17, 15) is 0 Å². The maximum absolute atomic E-state index is 3.68. The van der Waals surface area contributed by atoms with E-state index in [1.165, 1.54) is 12.8 Å². The van der Waals surface area contributed by atoms with E-state index in [0.29, 0.717) is 0 Å². The topological polar surface area (TPSA) is 0 Å². The predicted molar refractivity (Wildman–Crippen MR) is 35.9 cm³/mol. The first-order chi connectivity index (χ1) is 3.41. The van der Waals surface area contributed by atoms with E-state index in [-0.39, 0.29) is 53.8 Å². The average Bonchev–Trinajstić information content (AvgIpc) is 1.75. The van der Waals surface area contributed by atoms with E-state index in [2.05, 4.69) is 20.8 Å². The average molecular weight is 373 g/mol. The second-order valence-corrected chi connectivity index (χ2v) is 1.21. The van der Waals surface area contributed by atoms with Crippen LogP contribution in [0.15, 0.2) is 0 Å². The van der Waals surface area contributed by atoms with Crippen LogP contribution in [0.3, 0.4) is 0 Å². The molecule has 0 fully saturated rings. The van der Waals surface area contributed by atoms with E-state index in [1.54, 1.807) is 6.92 Å². The third-order valence-electron chi connectivity index (χ3n) is 0.604. The van der Waals surface area contributed by atoms with Crippen molar-refractivity contribution in [3.05, 3.63) is 13.8 Å². The molecule has 0 bridgehead atoms. The van der Waals surface area contributed by atoms with Crippen LogP contribution in [0.1, 0.15) is 33.1 Å². The van der Waals surface area contributed by atoms with Gasteiger partial charge in [0.05, 0.1) is 0 Å². The fourth-order valence-corrected chi connectivity index (χ4v) is 0.250. The molecule has 0 N–H and O–H groups in total. The largest absolute Gasteiger partial charge is 0.346 e. The molecule has 0 spiro atoms. The molecule has 0 aliphatic rings. The van der Waals surface area contributed by atoms with E-state index >= 15 is 0 Å². The van der Waals surface area contributed by atoms with Gasteiger partial charge in [-0.2, -0.15) is 13.3 Å². The first-order valence-electron chi connectivity index (χ1n) is 2.91. The van der Waals surface area contributed by atoms with Gasteiger partial charge >= 0.3 is 0 Å². The van der Waals surface area contributed by atoms with Gasteiger partial charge in [-0.3, -0.25) is 0 Å². The maximum atomic E-state index is 3.68. The molecule has 0 atom stereocenters. The summed E-state index contributed by atoms with van der Waals surface area (Å²) in [6.07, 6.45) is 3.65. The number of hydrogen-bond donors (Lipinski definition) is 0. The molecular weight excluding hydrogens is 357 g/mol. The zero-order chi connectivity index (χ0) is 6.12. The Bertz CT molecular complexity index is 16.4. The zero-order valence-electron chi connectivity index (χ0n) is 6.52. The summed E-state index contributed by atoms with van der Waals surface area (Å²) < 4.78 is 0. The predicted octanol–water partition coefficient (Wildman–Crippen LogP) is 2.85. The van der Waals surface area contributed by atoms with Crippen LogP contribution in [0.4, 0.5) is 0 Å². The molecule has 9 heavy (non-hydrogen) atoms. The SMILES string of the molecule is [CH2-]C.[CH2-]CCCC.[W].[Y]. The molecule has 0 nitrogen and oxygen atoms in total. The van der Waals surface area contributed by atoms with Crippen LogP contribution >= 0.6 is 0 Å². The maximum Gasteiger partial charge on any atom is 0 e. The molecule has 0 aromatic heterocycles. The first kappa shape index (κ1) is 22.4. The van der Waals surface area contributed by atoms with Gasteiger partial charge in [0.25, 0.3) is 0 Å². The first-order valence-corrected chi connectivity index (χ1v) is 2.91. The second kappa shape index (κ2) is 33.0. The fourth-order valence-electron chi connectivity index (χ4n) is 0.250. The van der Waals surface area contributed by atoms with Crippen LogP contribution < -0.4 is 0 Å². The minimum Gasteiger partial charge on any atom is -0.346 e. The fraction of sp³-hybridized carbons (Fsp3) is 0.714. The van der Waals surface area contributed by atoms with Crippen LogP contribution in [0, 0.1) is 13.8 Å². The molecule has 0 aromatic rings. The second-order valence-electron chi connectivity index (χ2n) is 1.21. The van der Waals surface area contributed by atoms with Crippen molar-refractivity contribution in [2.24, 2.45) is 0 Å². The molecule has 0 heterocycles. The smallest absolute Gasteiger partial charge is 0 e.